The lowest BCUT2D eigenvalue weighted by molar-refractivity contribution is 0.490. The maximum Gasteiger partial charge on any atom is 0.261 e. The Labute approximate surface area is 168 Å². The number of benzene rings is 2. The molecule has 0 aliphatic rings. The van der Waals surface area contributed by atoms with Crippen LogP contribution in [0.1, 0.15) is 0 Å². The lowest BCUT2D eigenvalue weighted by Crippen LogP contribution is -2.11. The van der Waals surface area contributed by atoms with E-state index in [0.717, 1.165) is 11.3 Å². The Bertz CT molecular complexity index is 1160. The van der Waals surface area contributed by atoms with E-state index >= 15 is 0 Å². The van der Waals surface area contributed by atoms with Crippen LogP contribution in [0.2, 0.25) is 0 Å². The zero-order valence-corrected chi connectivity index (χ0v) is 17.5. The quantitative estimate of drug-likeness (QED) is 0.575. The second kappa shape index (κ2) is 8.69. The molecule has 0 atom stereocenters. The number of primary sulfonamides is 1. The summed E-state index contributed by atoms with van der Waals surface area (Å²) in [4.78, 5) is 2.03. The highest BCUT2D eigenvalue weighted by Crippen LogP contribution is 2.26. The number of hydrogen-bond acceptors (Lipinski definition) is 8. The molecule has 0 amide bonds. The highest BCUT2D eigenvalue weighted by atomic mass is 32.2. The highest BCUT2D eigenvalue weighted by molar-refractivity contribution is 7.89. The van der Waals surface area contributed by atoms with Gasteiger partial charge in [-0.15, -0.1) is 10.2 Å². The van der Waals surface area contributed by atoms with Crippen molar-refractivity contribution in [3.63, 3.8) is 0 Å². The summed E-state index contributed by atoms with van der Waals surface area (Å²) in [6, 6.07) is 13.7. The van der Waals surface area contributed by atoms with Crippen LogP contribution in [0.15, 0.2) is 57.8 Å². The van der Waals surface area contributed by atoms with E-state index in [1.54, 1.807) is 12.1 Å². The molecule has 0 bridgehead atoms. The molecule has 0 unspecified atom stereocenters. The van der Waals surface area contributed by atoms with Crippen molar-refractivity contribution in [1.29, 1.82) is 0 Å². The number of hydrogen-bond donors (Lipinski definition) is 2. The zero-order valence-electron chi connectivity index (χ0n) is 15.8. The summed E-state index contributed by atoms with van der Waals surface area (Å²) in [6.07, 6.45) is 0.715. The van der Waals surface area contributed by atoms with Gasteiger partial charge in [0.1, 0.15) is 0 Å². The second-order valence-electron chi connectivity index (χ2n) is 6.16. The van der Waals surface area contributed by atoms with Gasteiger partial charge in [0.05, 0.1) is 11.2 Å². The van der Waals surface area contributed by atoms with Crippen molar-refractivity contribution < 1.29 is 25.8 Å². The van der Waals surface area contributed by atoms with Crippen LogP contribution < -0.4 is 10.0 Å². The molecule has 0 spiro atoms. The van der Waals surface area contributed by atoms with E-state index in [4.69, 9.17) is 14.1 Å². The largest absolute Gasteiger partial charge is 0.416 e. The van der Waals surface area contributed by atoms with Gasteiger partial charge in [0.15, 0.2) is 0 Å². The second-order valence-corrected chi connectivity index (χ2v) is 9.18. The summed E-state index contributed by atoms with van der Waals surface area (Å²) >= 11 is 0. The maximum absolute atomic E-state index is 11.3. The average Bonchev–Trinajstić information content (AvgIpc) is 3.10. The van der Waals surface area contributed by atoms with Gasteiger partial charge in [-0.05, 0) is 48.5 Å². The van der Waals surface area contributed by atoms with E-state index in [1.807, 2.05) is 43.3 Å². The van der Waals surface area contributed by atoms with E-state index in [0.29, 0.717) is 23.6 Å². The number of nitrogens with zero attached hydrogens (tertiary/aromatic N) is 3. The first-order chi connectivity index (χ1) is 13.3. The van der Waals surface area contributed by atoms with Crippen LogP contribution in [0.4, 0.5) is 5.69 Å². The summed E-state index contributed by atoms with van der Waals surface area (Å²) in [6.45, 7) is 0. The molecular formula is C17H20N4O6S2. The van der Waals surface area contributed by atoms with Crippen LogP contribution in [0.3, 0.4) is 0 Å². The fourth-order valence-electron chi connectivity index (χ4n) is 2.15. The third-order valence-electron chi connectivity index (χ3n) is 3.49. The zero-order chi connectivity index (χ0) is 21.8. The highest BCUT2D eigenvalue weighted by Gasteiger charge is 2.12. The van der Waals surface area contributed by atoms with Gasteiger partial charge in [0.2, 0.25) is 21.8 Å². The molecule has 0 aliphatic heterocycles. The molecule has 156 valence electrons. The molecule has 0 fully saturated rings. The van der Waals surface area contributed by atoms with E-state index in [-0.39, 0.29) is 4.90 Å². The number of sulfonamides is 1. The number of nitrogens with two attached hydrogens (primary N) is 1. The van der Waals surface area contributed by atoms with Crippen molar-refractivity contribution in [3.8, 4) is 22.9 Å². The molecular weight excluding hydrogens is 420 g/mol. The molecule has 0 radical (unpaired) electrons. The molecule has 3 rings (SSSR count). The minimum absolute atomic E-state index is 0.0327. The van der Waals surface area contributed by atoms with E-state index < -0.39 is 20.1 Å². The van der Waals surface area contributed by atoms with Crippen molar-refractivity contribution in [3.05, 3.63) is 48.5 Å². The Morgan fingerprint density at radius 3 is 1.59 bits per heavy atom. The summed E-state index contributed by atoms with van der Waals surface area (Å²) in [5, 5.41) is 13.1. The van der Waals surface area contributed by atoms with Crippen molar-refractivity contribution in [1.82, 2.24) is 10.2 Å². The smallest absolute Gasteiger partial charge is 0.261 e. The normalized spacial score (nSPS) is 11.5. The Morgan fingerprint density at radius 2 is 1.24 bits per heavy atom. The molecule has 1 aromatic heterocycles. The van der Waals surface area contributed by atoms with Crippen LogP contribution >= 0.6 is 0 Å². The molecule has 3 N–H and O–H groups in total. The Hall–Kier alpha value is -2.80. The van der Waals surface area contributed by atoms with E-state index in [1.165, 1.54) is 12.1 Å². The number of anilines is 1. The molecule has 1 heterocycles. The summed E-state index contributed by atoms with van der Waals surface area (Å²) in [5.41, 5.74) is 2.49. The van der Waals surface area contributed by atoms with E-state index in [2.05, 4.69) is 10.2 Å². The van der Waals surface area contributed by atoms with Gasteiger partial charge in [-0.1, -0.05) is 0 Å². The van der Waals surface area contributed by atoms with Crippen molar-refractivity contribution in [2.75, 3.05) is 25.3 Å². The minimum atomic E-state index is -3.72. The van der Waals surface area contributed by atoms with Crippen LogP contribution in [0.25, 0.3) is 22.9 Å². The molecule has 29 heavy (non-hydrogen) atoms. The molecule has 10 nitrogen and oxygen atoms in total. The van der Waals surface area contributed by atoms with Gasteiger partial charge in [-0.2, -0.15) is 8.42 Å². The van der Waals surface area contributed by atoms with Crippen LogP contribution in [0.5, 0.6) is 0 Å². The van der Waals surface area contributed by atoms with Gasteiger partial charge in [0.25, 0.3) is 10.1 Å². The lowest BCUT2D eigenvalue weighted by atomic mass is 10.2. The topological polar surface area (TPSA) is 157 Å². The Kier molecular flexibility index (Phi) is 6.74. The van der Waals surface area contributed by atoms with Crippen LogP contribution in [0, 0.1) is 0 Å². The summed E-state index contributed by atoms with van der Waals surface area (Å²) in [5.74, 6) is 0.702. The molecule has 0 saturated carbocycles. The third-order valence-corrected chi connectivity index (χ3v) is 4.41. The first kappa shape index (κ1) is 22.5. The Balaban J connectivity index is 0.000000537. The standard InChI is InChI=1S/C16H16N4O3S.CH4O3S/c1-20(2)13-7-3-11(4-8-13)15-18-19-16(23-15)12-5-9-14(10-6-12)24(17,21)22;1-5(2,3)4/h3-10H,1-2H3,(H2,17,21,22);1H3,(H,2,3,4). The molecule has 0 aliphatic carbocycles. The maximum atomic E-state index is 11.3. The average molecular weight is 441 g/mol. The van der Waals surface area contributed by atoms with Crippen molar-refractivity contribution in [2.45, 2.75) is 4.90 Å². The summed E-state index contributed by atoms with van der Waals surface area (Å²) in [7, 11) is -3.46. The van der Waals surface area contributed by atoms with Crippen LogP contribution in [-0.4, -0.2) is 51.9 Å². The van der Waals surface area contributed by atoms with Gasteiger partial charge in [-0.25, -0.2) is 13.6 Å². The fraction of sp³-hybridized carbons (Fsp3) is 0.176. The Morgan fingerprint density at radius 1 is 0.862 bits per heavy atom. The van der Waals surface area contributed by atoms with Crippen LogP contribution in [-0.2, 0) is 20.1 Å². The number of rotatable bonds is 4. The van der Waals surface area contributed by atoms with Gasteiger partial charge < -0.3 is 9.32 Å². The molecule has 3 aromatic rings. The monoisotopic (exact) mass is 440 g/mol. The minimum Gasteiger partial charge on any atom is -0.416 e. The molecule has 0 saturated heterocycles. The first-order valence-corrected chi connectivity index (χ1v) is 11.4. The fourth-order valence-corrected chi connectivity index (χ4v) is 2.66. The predicted octanol–water partition coefficient (Wildman–Crippen LogP) is 1.62. The van der Waals surface area contributed by atoms with E-state index in [9.17, 15) is 16.8 Å². The van der Waals surface area contributed by atoms with Gasteiger partial charge in [-0.3, -0.25) is 4.55 Å². The van der Waals surface area contributed by atoms with Crippen molar-refractivity contribution in [2.24, 2.45) is 5.14 Å². The number of aromatic nitrogens is 2. The summed E-state index contributed by atoms with van der Waals surface area (Å²) < 4.78 is 54.1. The molecule has 2 aromatic carbocycles. The first-order valence-electron chi connectivity index (χ1n) is 8.01. The van der Waals surface area contributed by atoms with Crippen molar-refractivity contribution >= 4 is 25.8 Å². The third kappa shape index (κ3) is 6.94. The molecule has 12 heteroatoms. The predicted molar refractivity (Wildman–Crippen MR) is 108 cm³/mol. The SMILES string of the molecule is CN(C)c1ccc(-c2nnc(-c3ccc(S(N)(=O)=O)cc3)o2)cc1.CS(=O)(=O)O. The lowest BCUT2D eigenvalue weighted by Gasteiger charge is -2.11. The van der Waals surface area contributed by atoms with Gasteiger partial charge >= 0.3 is 0 Å². The van der Waals surface area contributed by atoms with Gasteiger partial charge in [0, 0.05) is 30.9 Å².